The van der Waals surface area contributed by atoms with Crippen LogP contribution >= 0.6 is 0 Å². The molecule has 1 saturated heterocycles. The molecule has 1 aliphatic heterocycles. The first-order chi connectivity index (χ1) is 14.2. The van der Waals surface area contributed by atoms with E-state index in [4.69, 9.17) is 0 Å². The lowest BCUT2D eigenvalue weighted by Crippen LogP contribution is -2.39. The van der Waals surface area contributed by atoms with Gasteiger partial charge in [0.25, 0.3) is 5.91 Å². The summed E-state index contributed by atoms with van der Waals surface area (Å²) in [6.45, 7) is 4.59. The Hall–Kier alpha value is -3.14. The number of piperidine rings is 1. The molecule has 4 rings (SSSR count). The molecule has 3 aromatic rings. The smallest absolute Gasteiger partial charge is 0.255 e. The first kappa shape index (κ1) is 19.2. The average Bonchev–Trinajstić information content (AvgIpc) is 2.78. The molecule has 1 amide bonds. The van der Waals surface area contributed by atoms with Crippen LogP contribution in [0.25, 0.3) is 0 Å². The second kappa shape index (κ2) is 8.91. The van der Waals surface area contributed by atoms with E-state index in [9.17, 15) is 4.79 Å². The predicted molar refractivity (Wildman–Crippen MR) is 117 cm³/mol. The average molecular weight is 386 g/mol. The van der Waals surface area contributed by atoms with Gasteiger partial charge >= 0.3 is 0 Å². The monoisotopic (exact) mass is 385 g/mol. The zero-order valence-electron chi connectivity index (χ0n) is 16.9. The molecule has 0 spiro atoms. The van der Waals surface area contributed by atoms with Crippen LogP contribution < -0.4 is 4.90 Å². The predicted octanol–water partition coefficient (Wildman–Crippen LogP) is 5.29. The van der Waals surface area contributed by atoms with E-state index in [-0.39, 0.29) is 5.91 Å². The van der Waals surface area contributed by atoms with E-state index >= 15 is 0 Å². The fraction of sp³-hybridized carbons (Fsp3) is 0.280. The second-order valence-electron chi connectivity index (χ2n) is 7.84. The lowest BCUT2D eigenvalue weighted by atomic mass is 9.99. The van der Waals surface area contributed by atoms with Crippen molar-refractivity contribution < 1.29 is 4.79 Å². The van der Waals surface area contributed by atoms with Gasteiger partial charge in [-0.25, -0.2) is 0 Å². The third-order valence-electron chi connectivity index (χ3n) is 5.48. The van der Waals surface area contributed by atoms with Gasteiger partial charge in [-0.15, -0.1) is 0 Å². The van der Waals surface area contributed by atoms with Gasteiger partial charge in [-0.1, -0.05) is 55.5 Å². The number of hydrogen-bond donors (Lipinski definition) is 0. The Morgan fingerprint density at radius 3 is 2.48 bits per heavy atom. The lowest BCUT2D eigenvalue weighted by molar-refractivity contribution is 0.0682. The van der Waals surface area contributed by atoms with Crippen LogP contribution in [0.5, 0.6) is 0 Å². The molecular weight excluding hydrogens is 358 g/mol. The van der Waals surface area contributed by atoms with E-state index in [0.717, 1.165) is 30.9 Å². The Labute approximate surface area is 172 Å². The first-order valence-corrected chi connectivity index (χ1v) is 10.3. The number of rotatable bonds is 5. The molecule has 1 unspecified atom stereocenters. The molecule has 0 bridgehead atoms. The minimum atomic E-state index is 0.0821. The number of benzene rings is 2. The maximum atomic E-state index is 13.1. The van der Waals surface area contributed by atoms with Gasteiger partial charge in [-0.05, 0) is 42.5 Å². The molecule has 4 heteroatoms. The summed E-state index contributed by atoms with van der Waals surface area (Å²) in [6.07, 6.45) is 5.80. The highest BCUT2D eigenvalue weighted by atomic mass is 16.2. The van der Waals surface area contributed by atoms with Crippen LogP contribution in [-0.4, -0.2) is 28.9 Å². The van der Waals surface area contributed by atoms with Gasteiger partial charge < -0.3 is 9.80 Å². The van der Waals surface area contributed by atoms with E-state index in [1.165, 1.54) is 12.0 Å². The van der Waals surface area contributed by atoms with E-state index in [0.29, 0.717) is 18.0 Å². The zero-order chi connectivity index (χ0) is 20.1. The highest BCUT2D eigenvalue weighted by molar-refractivity contribution is 5.95. The summed E-state index contributed by atoms with van der Waals surface area (Å²) < 4.78 is 0. The summed E-state index contributed by atoms with van der Waals surface area (Å²) in [6, 6.07) is 22.6. The van der Waals surface area contributed by atoms with Gasteiger partial charge in [0.1, 0.15) is 0 Å². The highest BCUT2D eigenvalue weighted by Crippen LogP contribution is 2.28. The maximum Gasteiger partial charge on any atom is 0.255 e. The third-order valence-corrected chi connectivity index (χ3v) is 5.48. The standard InChI is InChI=1S/C25H27N3O/c1-20-9-8-14-27(18-20)25(29)22-15-24(17-26-16-22)28(23-12-6-3-7-13-23)19-21-10-4-2-5-11-21/h2-7,10-13,15-17,20H,8-9,14,18-19H2,1H3. The summed E-state index contributed by atoms with van der Waals surface area (Å²) in [7, 11) is 0. The minimum Gasteiger partial charge on any atom is -0.338 e. The second-order valence-corrected chi connectivity index (χ2v) is 7.84. The fourth-order valence-electron chi connectivity index (χ4n) is 3.95. The number of aromatic nitrogens is 1. The van der Waals surface area contributed by atoms with Gasteiger partial charge in [0.15, 0.2) is 0 Å². The molecule has 1 aliphatic rings. The molecule has 0 saturated carbocycles. The van der Waals surface area contributed by atoms with Gasteiger partial charge in [-0.2, -0.15) is 0 Å². The van der Waals surface area contributed by atoms with E-state index in [2.05, 4.69) is 41.1 Å². The molecular formula is C25H27N3O. The van der Waals surface area contributed by atoms with E-state index in [1.54, 1.807) is 6.20 Å². The number of nitrogens with zero attached hydrogens (tertiary/aromatic N) is 3. The normalized spacial score (nSPS) is 16.4. The summed E-state index contributed by atoms with van der Waals surface area (Å²) >= 11 is 0. The molecule has 0 aliphatic carbocycles. The van der Waals surface area contributed by atoms with E-state index in [1.807, 2.05) is 53.6 Å². The van der Waals surface area contributed by atoms with Crippen LogP contribution in [0.3, 0.4) is 0 Å². The van der Waals surface area contributed by atoms with Crippen LogP contribution in [0.2, 0.25) is 0 Å². The van der Waals surface area contributed by atoms with E-state index < -0.39 is 0 Å². The molecule has 29 heavy (non-hydrogen) atoms. The first-order valence-electron chi connectivity index (χ1n) is 10.3. The van der Waals surface area contributed by atoms with Crippen molar-refractivity contribution in [1.29, 1.82) is 0 Å². The minimum absolute atomic E-state index is 0.0821. The molecule has 0 N–H and O–H groups in total. The van der Waals surface area contributed by atoms with Gasteiger partial charge in [0, 0.05) is 31.5 Å². The Kier molecular flexibility index (Phi) is 5.89. The number of carbonyl (C=O) groups excluding carboxylic acids is 1. The number of pyridine rings is 1. The van der Waals surface area contributed by atoms with Crippen LogP contribution in [0.4, 0.5) is 11.4 Å². The maximum absolute atomic E-state index is 13.1. The quantitative estimate of drug-likeness (QED) is 0.599. The molecule has 4 nitrogen and oxygen atoms in total. The molecule has 1 atom stereocenters. The van der Waals surface area contributed by atoms with Crippen LogP contribution in [0.15, 0.2) is 79.1 Å². The molecule has 1 aromatic heterocycles. The van der Waals surface area contributed by atoms with Gasteiger partial charge in [0.05, 0.1) is 17.4 Å². The third kappa shape index (κ3) is 4.65. The summed E-state index contributed by atoms with van der Waals surface area (Å²) in [5.74, 6) is 0.640. The van der Waals surface area contributed by atoms with Crippen LogP contribution in [0.1, 0.15) is 35.7 Å². The topological polar surface area (TPSA) is 36.4 Å². The van der Waals surface area contributed by atoms with Crippen molar-refractivity contribution in [2.75, 3.05) is 18.0 Å². The zero-order valence-corrected chi connectivity index (χ0v) is 16.9. The largest absolute Gasteiger partial charge is 0.338 e. The fourth-order valence-corrected chi connectivity index (χ4v) is 3.95. The van der Waals surface area contributed by atoms with Crippen LogP contribution in [-0.2, 0) is 6.54 Å². The number of anilines is 2. The van der Waals surface area contributed by atoms with Crippen LogP contribution in [0, 0.1) is 5.92 Å². The lowest BCUT2D eigenvalue weighted by Gasteiger charge is -2.31. The Morgan fingerprint density at radius 1 is 1.03 bits per heavy atom. The van der Waals surface area contributed by atoms with Crippen molar-refractivity contribution in [1.82, 2.24) is 9.88 Å². The summed E-state index contributed by atoms with van der Waals surface area (Å²) in [5, 5.41) is 0. The van der Waals surface area contributed by atoms with Crippen molar-refractivity contribution in [3.63, 3.8) is 0 Å². The van der Waals surface area contributed by atoms with Crippen molar-refractivity contribution in [3.05, 3.63) is 90.3 Å². The Bertz CT molecular complexity index is 943. The van der Waals surface area contributed by atoms with Gasteiger partial charge in [0.2, 0.25) is 0 Å². The molecule has 1 fully saturated rings. The molecule has 148 valence electrons. The number of likely N-dealkylation sites (tertiary alicyclic amines) is 1. The highest BCUT2D eigenvalue weighted by Gasteiger charge is 2.23. The number of amides is 1. The molecule has 0 radical (unpaired) electrons. The summed E-state index contributed by atoms with van der Waals surface area (Å²) in [5.41, 5.74) is 3.87. The number of hydrogen-bond acceptors (Lipinski definition) is 3. The molecule has 2 heterocycles. The van der Waals surface area contributed by atoms with Crippen molar-refractivity contribution >= 4 is 17.3 Å². The summed E-state index contributed by atoms with van der Waals surface area (Å²) in [4.78, 5) is 21.7. The number of para-hydroxylation sites is 1. The molecule has 2 aromatic carbocycles. The van der Waals surface area contributed by atoms with Gasteiger partial charge in [-0.3, -0.25) is 9.78 Å². The van der Waals surface area contributed by atoms with Crippen molar-refractivity contribution in [3.8, 4) is 0 Å². The van der Waals surface area contributed by atoms with Crippen molar-refractivity contribution in [2.45, 2.75) is 26.3 Å². The Morgan fingerprint density at radius 2 is 1.76 bits per heavy atom. The Balaban J connectivity index is 1.64. The SMILES string of the molecule is CC1CCCN(C(=O)c2cncc(N(Cc3ccccc3)c3ccccc3)c2)C1. The number of carbonyl (C=O) groups is 1. The van der Waals surface area contributed by atoms with Crippen molar-refractivity contribution in [2.24, 2.45) is 5.92 Å².